The van der Waals surface area contributed by atoms with Crippen molar-refractivity contribution in [3.63, 3.8) is 0 Å². The Hall–Kier alpha value is -0.0300. The van der Waals surface area contributed by atoms with Gasteiger partial charge in [-0.1, -0.05) is 0 Å². The highest BCUT2D eigenvalue weighted by molar-refractivity contribution is 8.62. The molecule has 0 aromatic heterocycles. The van der Waals surface area contributed by atoms with E-state index in [9.17, 15) is 4.57 Å². The Morgan fingerprint density at radius 1 is 1.60 bits per heavy atom. The van der Waals surface area contributed by atoms with Crippen LogP contribution < -0.4 is 0 Å². The molecule has 10 heavy (non-hydrogen) atoms. The molecule has 0 saturated heterocycles. The number of rotatable bonds is 1. The molecule has 0 fully saturated rings. The Balaban J connectivity index is 4.20. The first-order chi connectivity index (χ1) is 4.33. The first-order valence-electron chi connectivity index (χ1n) is 2.34. The molecule has 0 aliphatic carbocycles. The lowest BCUT2D eigenvalue weighted by atomic mass is 10.9. The van der Waals surface area contributed by atoms with E-state index < -0.39 is 6.80 Å². The summed E-state index contributed by atoms with van der Waals surface area (Å²) < 4.78 is 10.9. The quantitative estimate of drug-likeness (QED) is 0.137. The predicted octanol–water partition coefficient (Wildman–Crippen LogP) is 0.262. The fourth-order valence-corrected chi connectivity index (χ4v) is 2.08. The van der Waals surface area contributed by atoms with E-state index in [2.05, 4.69) is 0 Å². The second-order valence-electron chi connectivity index (χ2n) is 1.62. The third-order valence-corrected chi connectivity index (χ3v) is 2.98. The fourth-order valence-electron chi connectivity index (χ4n) is 0.231. The van der Waals surface area contributed by atoms with Crippen LogP contribution in [-0.2, 0) is 4.57 Å². The van der Waals surface area contributed by atoms with Gasteiger partial charge in [-0.2, -0.15) is 0 Å². The molecule has 0 spiro atoms. The van der Waals surface area contributed by atoms with Crippen molar-refractivity contribution in [2.24, 2.45) is 0 Å². The van der Waals surface area contributed by atoms with Gasteiger partial charge in [-0.15, -0.1) is 0 Å². The summed E-state index contributed by atoms with van der Waals surface area (Å²) in [5.41, 5.74) is 0. The van der Waals surface area contributed by atoms with Gasteiger partial charge in [-0.3, -0.25) is 5.21 Å². The summed E-state index contributed by atoms with van der Waals surface area (Å²) in [6.45, 7) is -2.69. The van der Waals surface area contributed by atoms with Crippen LogP contribution in [0.25, 0.3) is 0 Å². The van der Waals surface area contributed by atoms with Gasteiger partial charge in [-0.05, 0) is 4.74 Å². The molecular weight excluding hydrogens is 177 g/mol. The van der Waals surface area contributed by atoms with E-state index in [0.29, 0.717) is 16.1 Å². The number of hydroxylamine groups is 1. The second-order valence-corrected chi connectivity index (χ2v) is 5.35. The van der Waals surface area contributed by atoms with Gasteiger partial charge in [0, 0.05) is 6.92 Å². The van der Waals surface area contributed by atoms with Gasteiger partial charge in [0.2, 0.25) is 0 Å². The van der Waals surface area contributed by atoms with Gasteiger partial charge in [0.25, 0.3) is 5.04 Å². The highest BCUT2D eigenvalue weighted by Gasteiger charge is 2.21. The molecule has 0 aliphatic rings. The number of hydrogen-bond donors (Lipinski definition) is 3. The molecule has 0 saturated carbocycles. The molecule has 0 bridgehead atoms. The number of nitrogens with zero attached hydrogens (tertiary/aromatic N) is 1. The summed E-state index contributed by atoms with van der Waals surface area (Å²) in [5, 5.41) is 8.78. The van der Waals surface area contributed by atoms with E-state index in [0.717, 1.165) is 0 Å². The van der Waals surface area contributed by atoms with Crippen LogP contribution in [0.5, 0.6) is 0 Å². The van der Waals surface area contributed by atoms with Crippen molar-refractivity contribution in [2.75, 3.05) is 7.05 Å². The van der Waals surface area contributed by atoms with Crippen molar-refractivity contribution in [2.45, 2.75) is 6.92 Å². The van der Waals surface area contributed by atoms with Gasteiger partial charge in [-0.25, -0.2) is 4.57 Å². The molecule has 5 nitrogen and oxygen atoms in total. The minimum Gasteiger partial charge on any atom is -0.316 e. The lowest BCUT2D eigenvalue weighted by Crippen LogP contribution is -2.05. The zero-order valence-corrected chi connectivity index (χ0v) is 7.26. The van der Waals surface area contributed by atoms with E-state index in [1.807, 2.05) is 0 Å². The van der Waals surface area contributed by atoms with Gasteiger partial charge in [0.15, 0.2) is 7.05 Å². The lowest BCUT2D eigenvalue weighted by Gasteiger charge is -1.96. The van der Waals surface area contributed by atoms with Crippen molar-refractivity contribution in [3.05, 3.63) is 0 Å². The Morgan fingerprint density at radius 2 is 2.00 bits per heavy atom. The van der Waals surface area contributed by atoms with Gasteiger partial charge < -0.3 is 9.79 Å². The van der Waals surface area contributed by atoms with Crippen LogP contribution in [0.4, 0.5) is 0 Å². The van der Waals surface area contributed by atoms with Crippen LogP contribution in [0.1, 0.15) is 6.92 Å². The molecule has 0 amide bonds. The molecule has 60 valence electrons. The van der Waals surface area contributed by atoms with E-state index in [1.54, 1.807) is 0 Å². The average molecular weight is 186 g/mol. The predicted molar refractivity (Wildman–Crippen MR) is 38.3 cm³/mol. The van der Waals surface area contributed by atoms with Crippen LogP contribution in [0.15, 0.2) is 0 Å². The standard InChI is InChI=1S/C3H8NO4PS/c1-3(4(2)5)10-9(6,7)8/h1-2H3,(H2-,5,6,7,8)/p+1. The molecule has 0 aliphatic heterocycles. The third-order valence-electron chi connectivity index (χ3n) is 0.707. The summed E-state index contributed by atoms with van der Waals surface area (Å²) in [6, 6.07) is 0. The molecular formula is C3H9NO4PS+. The first-order valence-corrected chi connectivity index (χ1v) is 5.37. The first kappa shape index (κ1) is 9.97. The maximum Gasteiger partial charge on any atom is 0.394 e. The van der Waals surface area contributed by atoms with Gasteiger partial charge in [0.1, 0.15) is 0 Å². The van der Waals surface area contributed by atoms with E-state index in [-0.39, 0.29) is 5.04 Å². The normalized spacial score (nSPS) is 14.8. The van der Waals surface area contributed by atoms with Crippen molar-refractivity contribution in [1.82, 2.24) is 0 Å². The second kappa shape index (κ2) is 3.39. The van der Waals surface area contributed by atoms with Gasteiger partial charge in [0.05, 0.1) is 11.4 Å². The monoisotopic (exact) mass is 186 g/mol. The number of hydrogen-bond acceptors (Lipinski definition) is 3. The minimum absolute atomic E-state index is 0.160. The molecule has 0 radical (unpaired) electrons. The summed E-state index contributed by atoms with van der Waals surface area (Å²) in [4.78, 5) is 16.7. The Bertz CT molecular complexity index is 193. The van der Waals surface area contributed by atoms with Crippen LogP contribution in [-0.4, -0.2) is 31.8 Å². The van der Waals surface area contributed by atoms with Crippen molar-refractivity contribution in [1.29, 1.82) is 0 Å². The topological polar surface area (TPSA) is 80.8 Å². The molecule has 0 aromatic carbocycles. The molecule has 7 heteroatoms. The van der Waals surface area contributed by atoms with Crippen molar-refractivity contribution >= 4 is 23.2 Å². The Labute approximate surface area is 62.2 Å². The summed E-state index contributed by atoms with van der Waals surface area (Å²) >= 11 is 0.324. The summed E-state index contributed by atoms with van der Waals surface area (Å²) in [5.74, 6) is 0. The van der Waals surface area contributed by atoms with Crippen LogP contribution in [0, 0.1) is 0 Å². The Morgan fingerprint density at radius 3 is 2.10 bits per heavy atom. The van der Waals surface area contributed by atoms with Crippen LogP contribution >= 0.6 is 18.2 Å². The summed E-state index contributed by atoms with van der Waals surface area (Å²) in [7, 11) is 1.29. The highest BCUT2D eigenvalue weighted by Crippen LogP contribution is 2.50. The highest BCUT2D eigenvalue weighted by atomic mass is 32.7. The SMILES string of the molecule is CC(SP(=O)(O)O)=[N+](C)O. The van der Waals surface area contributed by atoms with E-state index in [1.165, 1.54) is 14.0 Å². The smallest absolute Gasteiger partial charge is 0.316 e. The molecule has 0 rings (SSSR count). The van der Waals surface area contributed by atoms with E-state index >= 15 is 0 Å². The largest absolute Gasteiger partial charge is 0.394 e. The Kier molecular flexibility index (Phi) is 3.38. The maximum absolute atomic E-state index is 10.2. The van der Waals surface area contributed by atoms with Crippen LogP contribution in [0.2, 0.25) is 0 Å². The molecule has 0 aromatic rings. The summed E-state index contributed by atoms with van der Waals surface area (Å²) in [6.07, 6.45) is 0. The van der Waals surface area contributed by atoms with Crippen molar-refractivity contribution in [3.8, 4) is 0 Å². The molecule has 3 N–H and O–H groups in total. The zero-order chi connectivity index (χ0) is 8.36. The van der Waals surface area contributed by atoms with Crippen LogP contribution in [0.3, 0.4) is 0 Å². The molecule has 0 unspecified atom stereocenters. The molecule has 0 heterocycles. The van der Waals surface area contributed by atoms with Crippen molar-refractivity contribution < 1.29 is 24.3 Å². The average Bonchev–Trinajstić information content (AvgIpc) is 1.60. The van der Waals surface area contributed by atoms with E-state index in [4.69, 9.17) is 15.0 Å². The fraction of sp³-hybridized carbons (Fsp3) is 0.667. The zero-order valence-electron chi connectivity index (χ0n) is 5.55. The third kappa shape index (κ3) is 4.81. The maximum atomic E-state index is 10.2. The lowest BCUT2D eigenvalue weighted by molar-refractivity contribution is -0.752. The minimum atomic E-state index is -4.10. The molecule has 0 atom stereocenters. The van der Waals surface area contributed by atoms with Gasteiger partial charge >= 0.3 is 6.80 Å².